The van der Waals surface area contributed by atoms with Gasteiger partial charge < -0.3 is 10.0 Å². The summed E-state index contributed by atoms with van der Waals surface area (Å²) in [5, 5.41) is 9.32. The standard InChI is InChI=1S/C15H27NO3/c1-6-14(2,3)12(17)16-9-7-8-11(10-16)15(4,5)13(18)19/h11H,6-10H2,1-5H3,(H,18,19). The Hall–Kier alpha value is -1.06. The van der Waals surface area contributed by atoms with Gasteiger partial charge in [-0.1, -0.05) is 20.8 Å². The van der Waals surface area contributed by atoms with Gasteiger partial charge >= 0.3 is 5.97 Å². The van der Waals surface area contributed by atoms with E-state index in [1.807, 2.05) is 25.7 Å². The van der Waals surface area contributed by atoms with Gasteiger partial charge in [-0.05, 0) is 39.0 Å². The van der Waals surface area contributed by atoms with Gasteiger partial charge in [-0.25, -0.2) is 0 Å². The average molecular weight is 269 g/mol. The first-order valence-electron chi connectivity index (χ1n) is 7.15. The molecule has 19 heavy (non-hydrogen) atoms. The zero-order valence-corrected chi connectivity index (χ0v) is 12.8. The van der Waals surface area contributed by atoms with E-state index in [1.54, 1.807) is 13.8 Å². The lowest BCUT2D eigenvalue weighted by atomic mass is 9.74. The summed E-state index contributed by atoms with van der Waals surface area (Å²) in [6.45, 7) is 10.8. The summed E-state index contributed by atoms with van der Waals surface area (Å²) in [6.07, 6.45) is 2.58. The first kappa shape index (κ1) is 16.0. The van der Waals surface area contributed by atoms with Crippen LogP contribution in [0, 0.1) is 16.7 Å². The summed E-state index contributed by atoms with van der Waals surface area (Å²) in [7, 11) is 0. The number of carbonyl (C=O) groups excluding carboxylic acids is 1. The number of nitrogens with zero attached hydrogens (tertiary/aromatic N) is 1. The number of rotatable bonds is 4. The quantitative estimate of drug-likeness (QED) is 0.853. The molecule has 1 rings (SSSR count). The highest BCUT2D eigenvalue weighted by atomic mass is 16.4. The van der Waals surface area contributed by atoms with Crippen molar-refractivity contribution >= 4 is 11.9 Å². The van der Waals surface area contributed by atoms with E-state index in [0.29, 0.717) is 6.54 Å². The van der Waals surface area contributed by atoms with Crippen molar-refractivity contribution in [1.82, 2.24) is 4.90 Å². The van der Waals surface area contributed by atoms with Crippen LogP contribution >= 0.6 is 0 Å². The SMILES string of the molecule is CCC(C)(C)C(=O)N1CCCC(C(C)(C)C(=O)O)C1. The van der Waals surface area contributed by atoms with Crippen LogP contribution < -0.4 is 0 Å². The zero-order chi connectivity index (χ0) is 14.8. The lowest BCUT2D eigenvalue weighted by Gasteiger charge is -2.41. The summed E-state index contributed by atoms with van der Waals surface area (Å²) >= 11 is 0. The lowest BCUT2D eigenvalue weighted by Crippen LogP contribution is -2.50. The third-order valence-corrected chi connectivity index (χ3v) is 4.74. The predicted octanol–water partition coefficient (Wildman–Crippen LogP) is 2.77. The fourth-order valence-corrected chi connectivity index (χ4v) is 2.50. The Morgan fingerprint density at radius 2 is 1.84 bits per heavy atom. The second-order valence-electron chi connectivity index (χ2n) is 6.85. The van der Waals surface area contributed by atoms with Crippen molar-refractivity contribution in [2.75, 3.05) is 13.1 Å². The molecule has 1 unspecified atom stereocenters. The van der Waals surface area contributed by atoms with Crippen molar-refractivity contribution in [3.63, 3.8) is 0 Å². The molecule has 1 heterocycles. The minimum atomic E-state index is -0.776. The largest absolute Gasteiger partial charge is 0.481 e. The number of piperidine rings is 1. The van der Waals surface area contributed by atoms with Crippen LogP contribution in [0.5, 0.6) is 0 Å². The third kappa shape index (κ3) is 3.28. The minimum absolute atomic E-state index is 0.0374. The maximum Gasteiger partial charge on any atom is 0.309 e. The summed E-state index contributed by atoms with van der Waals surface area (Å²) in [5.41, 5.74) is -1.12. The molecule has 4 nitrogen and oxygen atoms in total. The van der Waals surface area contributed by atoms with Crippen molar-refractivity contribution in [3.05, 3.63) is 0 Å². The van der Waals surface area contributed by atoms with Crippen LogP contribution in [0.2, 0.25) is 0 Å². The van der Waals surface area contributed by atoms with Crippen LogP contribution in [-0.4, -0.2) is 35.0 Å². The van der Waals surface area contributed by atoms with E-state index in [1.165, 1.54) is 0 Å². The molecule has 1 amide bonds. The van der Waals surface area contributed by atoms with Crippen molar-refractivity contribution in [1.29, 1.82) is 0 Å². The molecule has 0 aromatic carbocycles. The van der Waals surface area contributed by atoms with Crippen LogP contribution in [0.3, 0.4) is 0 Å². The first-order valence-corrected chi connectivity index (χ1v) is 7.15. The van der Waals surface area contributed by atoms with Gasteiger partial charge in [0.25, 0.3) is 0 Å². The Balaban J connectivity index is 2.81. The number of likely N-dealkylation sites (tertiary alicyclic amines) is 1. The lowest BCUT2D eigenvalue weighted by molar-refractivity contribution is -0.154. The van der Waals surface area contributed by atoms with Crippen LogP contribution in [0.25, 0.3) is 0 Å². The van der Waals surface area contributed by atoms with Gasteiger partial charge in [0.1, 0.15) is 0 Å². The number of carboxylic acid groups (broad SMARTS) is 1. The van der Waals surface area contributed by atoms with Gasteiger partial charge in [-0.2, -0.15) is 0 Å². The highest BCUT2D eigenvalue weighted by Crippen LogP contribution is 2.35. The molecule has 0 aromatic rings. The predicted molar refractivity (Wildman–Crippen MR) is 74.8 cm³/mol. The van der Waals surface area contributed by atoms with E-state index < -0.39 is 11.4 Å². The summed E-state index contributed by atoms with van der Waals surface area (Å²) in [6, 6.07) is 0. The maximum absolute atomic E-state index is 12.5. The van der Waals surface area contributed by atoms with Crippen LogP contribution in [0.15, 0.2) is 0 Å². The molecule has 4 heteroatoms. The Bertz CT molecular complexity index is 360. The maximum atomic E-state index is 12.5. The van der Waals surface area contributed by atoms with E-state index in [0.717, 1.165) is 25.8 Å². The van der Waals surface area contributed by atoms with Crippen LogP contribution in [0.1, 0.15) is 53.9 Å². The normalized spacial score (nSPS) is 21.3. The Morgan fingerprint density at radius 1 is 1.26 bits per heavy atom. The molecule has 0 radical (unpaired) electrons. The zero-order valence-electron chi connectivity index (χ0n) is 12.8. The molecule has 0 aromatic heterocycles. The second-order valence-corrected chi connectivity index (χ2v) is 6.85. The molecule has 1 atom stereocenters. The van der Waals surface area contributed by atoms with Gasteiger partial charge in [0, 0.05) is 18.5 Å². The van der Waals surface area contributed by atoms with Gasteiger partial charge in [0.2, 0.25) is 5.91 Å². The monoisotopic (exact) mass is 269 g/mol. The fraction of sp³-hybridized carbons (Fsp3) is 0.867. The Morgan fingerprint density at radius 3 is 2.32 bits per heavy atom. The molecular weight excluding hydrogens is 242 g/mol. The number of carbonyl (C=O) groups is 2. The molecule has 1 fully saturated rings. The van der Waals surface area contributed by atoms with E-state index in [4.69, 9.17) is 0 Å². The third-order valence-electron chi connectivity index (χ3n) is 4.74. The van der Waals surface area contributed by atoms with Gasteiger partial charge in [0.05, 0.1) is 5.41 Å². The van der Waals surface area contributed by atoms with Gasteiger partial charge in [-0.15, -0.1) is 0 Å². The van der Waals surface area contributed by atoms with Gasteiger partial charge in [-0.3, -0.25) is 9.59 Å². The molecule has 0 aliphatic carbocycles. The average Bonchev–Trinajstić information content (AvgIpc) is 2.37. The van der Waals surface area contributed by atoms with Crippen molar-refractivity contribution in [2.24, 2.45) is 16.7 Å². The number of hydrogen-bond acceptors (Lipinski definition) is 2. The first-order chi connectivity index (χ1) is 8.63. The summed E-state index contributed by atoms with van der Waals surface area (Å²) in [4.78, 5) is 25.7. The highest BCUT2D eigenvalue weighted by molar-refractivity contribution is 5.82. The van der Waals surface area contributed by atoms with E-state index in [2.05, 4.69) is 0 Å². The summed E-state index contributed by atoms with van der Waals surface area (Å²) < 4.78 is 0. The second kappa shape index (κ2) is 5.51. The molecule has 0 spiro atoms. The minimum Gasteiger partial charge on any atom is -0.481 e. The van der Waals surface area contributed by atoms with Crippen molar-refractivity contribution in [3.8, 4) is 0 Å². The van der Waals surface area contributed by atoms with E-state index in [9.17, 15) is 14.7 Å². The van der Waals surface area contributed by atoms with Crippen molar-refractivity contribution < 1.29 is 14.7 Å². The molecule has 0 bridgehead atoms. The highest BCUT2D eigenvalue weighted by Gasteiger charge is 2.41. The summed E-state index contributed by atoms with van der Waals surface area (Å²) in [5.74, 6) is -0.585. The topological polar surface area (TPSA) is 57.6 Å². The molecular formula is C15H27NO3. The molecule has 1 N–H and O–H groups in total. The van der Waals surface area contributed by atoms with Gasteiger partial charge in [0.15, 0.2) is 0 Å². The Labute approximate surface area is 116 Å². The molecule has 1 aliphatic heterocycles. The number of aliphatic carboxylic acids is 1. The Kier molecular flexibility index (Phi) is 4.64. The van der Waals surface area contributed by atoms with E-state index >= 15 is 0 Å². The molecule has 1 aliphatic rings. The van der Waals surface area contributed by atoms with Crippen LogP contribution in [0.4, 0.5) is 0 Å². The van der Waals surface area contributed by atoms with Crippen molar-refractivity contribution in [2.45, 2.75) is 53.9 Å². The molecule has 1 saturated heterocycles. The fourth-order valence-electron chi connectivity index (χ4n) is 2.50. The number of amides is 1. The molecule has 110 valence electrons. The van der Waals surface area contributed by atoms with E-state index in [-0.39, 0.29) is 17.2 Å². The number of hydrogen-bond donors (Lipinski definition) is 1. The number of carboxylic acids is 1. The molecule has 0 saturated carbocycles. The smallest absolute Gasteiger partial charge is 0.309 e. The van der Waals surface area contributed by atoms with Crippen LogP contribution in [-0.2, 0) is 9.59 Å².